The molecule has 0 aromatic carbocycles. The van der Waals surface area contributed by atoms with Gasteiger partial charge >= 0.3 is 5.97 Å². The van der Waals surface area contributed by atoms with Crippen molar-refractivity contribution in [2.24, 2.45) is 17.8 Å². The van der Waals surface area contributed by atoms with Gasteiger partial charge in [0.15, 0.2) is 12.6 Å². The van der Waals surface area contributed by atoms with Gasteiger partial charge in [-0.1, -0.05) is 24.3 Å². The highest BCUT2D eigenvalue weighted by Crippen LogP contribution is 2.43. The Bertz CT molecular complexity index is 801. The molecule has 7 heteroatoms. The second-order valence-electron chi connectivity index (χ2n) is 10.9. The zero-order valence-electron chi connectivity index (χ0n) is 24.1. The molecule has 2 aliphatic heterocycles. The van der Waals surface area contributed by atoms with Crippen LogP contribution in [0.25, 0.3) is 0 Å². The number of carbonyl (C=O) groups is 1. The first kappa shape index (κ1) is 31.8. The number of methoxy groups -OCH3 is 1. The van der Waals surface area contributed by atoms with Crippen molar-refractivity contribution in [3.63, 3.8) is 0 Å². The molecule has 0 amide bonds. The molecule has 220 valence electrons. The Labute approximate surface area is 235 Å². The van der Waals surface area contributed by atoms with Crippen LogP contribution in [-0.4, -0.2) is 62.8 Å². The molecule has 0 spiro atoms. The summed E-state index contributed by atoms with van der Waals surface area (Å²) in [5.41, 5.74) is 0. The molecule has 2 heterocycles. The van der Waals surface area contributed by atoms with Gasteiger partial charge in [-0.2, -0.15) is 0 Å². The SMILES string of the molecule is CC#CCCC(C=C[C@@H]1[C@@H](CC=CCCCC(=O)OC)[C@@H](CO)C[C@H]1OC1CCCCO1)OC1CCCCO1. The number of aliphatic hydroxyl groups is 1. The molecule has 2 saturated heterocycles. The molecule has 1 N–H and O–H groups in total. The molecular weight excluding hydrogens is 496 g/mol. The molecular formula is C32H50O7. The van der Waals surface area contributed by atoms with E-state index < -0.39 is 0 Å². The van der Waals surface area contributed by atoms with Crippen molar-refractivity contribution >= 4 is 5.97 Å². The van der Waals surface area contributed by atoms with Crippen LogP contribution in [0.4, 0.5) is 0 Å². The molecule has 7 nitrogen and oxygen atoms in total. The summed E-state index contributed by atoms with van der Waals surface area (Å²) in [5, 5.41) is 10.3. The Balaban J connectivity index is 1.70. The lowest BCUT2D eigenvalue weighted by Crippen LogP contribution is -2.31. The predicted molar refractivity (Wildman–Crippen MR) is 151 cm³/mol. The molecule has 0 radical (unpaired) electrons. The summed E-state index contributed by atoms with van der Waals surface area (Å²) in [5.74, 6) is 6.53. The summed E-state index contributed by atoms with van der Waals surface area (Å²) in [6.07, 6.45) is 19.9. The van der Waals surface area contributed by atoms with E-state index in [0.717, 1.165) is 90.3 Å². The summed E-state index contributed by atoms with van der Waals surface area (Å²) in [6.45, 7) is 3.50. The van der Waals surface area contributed by atoms with E-state index in [0.29, 0.717) is 6.42 Å². The van der Waals surface area contributed by atoms with E-state index in [1.165, 1.54) is 7.11 Å². The van der Waals surface area contributed by atoms with Crippen molar-refractivity contribution in [2.45, 2.75) is 115 Å². The number of hydrogen-bond acceptors (Lipinski definition) is 7. The Kier molecular flexibility index (Phi) is 15.2. The molecule has 0 aromatic rings. The van der Waals surface area contributed by atoms with E-state index in [1.54, 1.807) is 0 Å². The maximum atomic E-state index is 11.4. The van der Waals surface area contributed by atoms with Crippen LogP contribution in [0.2, 0.25) is 0 Å². The van der Waals surface area contributed by atoms with Crippen LogP contribution in [0.5, 0.6) is 0 Å². The Morgan fingerprint density at radius 1 is 1.10 bits per heavy atom. The largest absolute Gasteiger partial charge is 0.469 e. The van der Waals surface area contributed by atoms with Crippen molar-refractivity contribution in [1.29, 1.82) is 0 Å². The van der Waals surface area contributed by atoms with Crippen molar-refractivity contribution in [3.05, 3.63) is 24.3 Å². The quantitative estimate of drug-likeness (QED) is 0.122. The molecule has 0 bridgehead atoms. The van der Waals surface area contributed by atoms with Crippen LogP contribution in [0.1, 0.15) is 90.4 Å². The fourth-order valence-corrected chi connectivity index (χ4v) is 5.86. The number of aliphatic hydroxyl groups excluding tert-OH is 1. The third-order valence-electron chi connectivity index (χ3n) is 8.06. The molecule has 3 rings (SSSR count). The van der Waals surface area contributed by atoms with Gasteiger partial charge in [-0.3, -0.25) is 4.79 Å². The van der Waals surface area contributed by atoms with Crippen LogP contribution in [0.3, 0.4) is 0 Å². The second kappa shape index (κ2) is 18.6. The smallest absolute Gasteiger partial charge is 0.305 e. The number of carbonyl (C=O) groups excluding carboxylic acids is 1. The number of allylic oxidation sites excluding steroid dienone is 2. The van der Waals surface area contributed by atoms with Gasteiger partial charge in [-0.15, -0.1) is 11.8 Å². The lowest BCUT2D eigenvalue weighted by Gasteiger charge is -2.30. The molecule has 7 atom stereocenters. The van der Waals surface area contributed by atoms with Gasteiger partial charge in [0.05, 0.1) is 19.3 Å². The zero-order valence-corrected chi connectivity index (χ0v) is 24.1. The third kappa shape index (κ3) is 11.4. The third-order valence-corrected chi connectivity index (χ3v) is 8.06. The number of rotatable bonds is 15. The van der Waals surface area contributed by atoms with E-state index >= 15 is 0 Å². The summed E-state index contributed by atoms with van der Waals surface area (Å²) < 4.78 is 29.4. The maximum absolute atomic E-state index is 11.4. The average Bonchev–Trinajstić information content (AvgIpc) is 3.30. The molecule has 3 aliphatic rings. The van der Waals surface area contributed by atoms with E-state index in [9.17, 15) is 9.90 Å². The first-order valence-electron chi connectivity index (χ1n) is 15.1. The Hall–Kier alpha value is -1.69. The standard InChI is InChI=1S/C32H50O7/c1-3-4-7-14-26(38-31-17-10-12-21-36-31)19-20-28-27(15-8-5-6-9-16-30(34)35-2)25(24-33)23-29(28)39-32-18-11-13-22-37-32/h5,8,19-20,25-29,31-33H,6-7,9-18,21-24H2,1-2H3/t25-,26?,27+,28-,29-,31?,32?/m1/s1. The number of unbranched alkanes of at least 4 members (excludes halogenated alkanes) is 1. The Morgan fingerprint density at radius 2 is 1.87 bits per heavy atom. The van der Waals surface area contributed by atoms with Gasteiger partial charge < -0.3 is 28.8 Å². The maximum Gasteiger partial charge on any atom is 0.305 e. The van der Waals surface area contributed by atoms with Crippen molar-refractivity contribution < 1.29 is 33.6 Å². The predicted octanol–water partition coefficient (Wildman–Crippen LogP) is 5.70. The van der Waals surface area contributed by atoms with Crippen LogP contribution in [0.15, 0.2) is 24.3 Å². The minimum absolute atomic E-state index is 0.0127. The van der Waals surface area contributed by atoms with Crippen molar-refractivity contribution in [3.8, 4) is 11.8 Å². The molecule has 1 aliphatic carbocycles. The van der Waals surface area contributed by atoms with E-state index in [2.05, 4.69) is 36.1 Å². The number of esters is 1. The van der Waals surface area contributed by atoms with Crippen molar-refractivity contribution in [1.82, 2.24) is 0 Å². The van der Waals surface area contributed by atoms with Crippen molar-refractivity contribution in [2.75, 3.05) is 26.9 Å². The van der Waals surface area contributed by atoms with Gasteiger partial charge in [-0.25, -0.2) is 0 Å². The van der Waals surface area contributed by atoms with E-state index in [-0.39, 0.29) is 55.1 Å². The van der Waals surface area contributed by atoms with Gasteiger partial charge in [0.25, 0.3) is 0 Å². The first-order valence-corrected chi connectivity index (χ1v) is 15.1. The van der Waals surface area contributed by atoms with E-state index in [4.69, 9.17) is 23.7 Å². The molecule has 3 fully saturated rings. The van der Waals surface area contributed by atoms with Crippen LogP contribution in [-0.2, 0) is 28.5 Å². The fourth-order valence-electron chi connectivity index (χ4n) is 5.86. The highest BCUT2D eigenvalue weighted by atomic mass is 16.7. The summed E-state index contributed by atoms with van der Waals surface area (Å²) in [6, 6.07) is 0. The monoisotopic (exact) mass is 546 g/mol. The van der Waals surface area contributed by atoms with E-state index in [1.807, 2.05) is 6.92 Å². The lowest BCUT2D eigenvalue weighted by molar-refractivity contribution is -0.193. The fraction of sp³-hybridized carbons (Fsp3) is 0.781. The number of ether oxygens (including phenoxy) is 5. The molecule has 1 saturated carbocycles. The molecule has 39 heavy (non-hydrogen) atoms. The van der Waals surface area contributed by atoms with Crippen LogP contribution in [0, 0.1) is 29.6 Å². The molecule has 0 aromatic heterocycles. The number of hydrogen-bond donors (Lipinski definition) is 1. The van der Waals surface area contributed by atoms with Gasteiger partial charge in [0.2, 0.25) is 0 Å². The molecule has 3 unspecified atom stereocenters. The van der Waals surface area contributed by atoms with Gasteiger partial charge in [0, 0.05) is 38.6 Å². The highest BCUT2D eigenvalue weighted by Gasteiger charge is 2.43. The van der Waals surface area contributed by atoms with Gasteiger partial charge in [-0.05, 0) is 89.4 Å². The summed E-state index contributed by atoms with van der Waals surface area (Å²) in [4.78, 5) is 11.4. The van der Waals surface area contributed by atoms with Crippen LogP contribution >= 0.6 is 0 Å². The lowest BCUT2D eigenvalue weighted by atomic mass is 9.85. The second-order valence-corrected chi connectivity index (χ2v) is 10.9. The topological polar surface area (TPSA) is 83.5 Å². The minimum Gasteiger partial charge on any atom is -0.469 e. The summed E-state index contributed by atoms with van der Waals surface area (Å²) >= 11 is 0. The summed E-state index contributed by atoms with van der Waals surface area (Å²) in [7, 11) is 1.42. The van der Waals surface area contributed by atoms with Crippen LogP contribution < -0.4 is 0 Å². The normalized spacial score (nSPS) is 30.3. The first-order chi connectivity index (χ1) is 19.1. The highest BCUT2D eigenvalue weighted by molar-refractivity contribution is 5.69. The van der Waals surface area contributed by atoms with Gasteiger partial charge in [0.1, 0.15) is 0 Å². The zero-order chi connectivity index (χ0) is 27.7. The average molecular weight is 547 g/mol. The minimum atomic E-state index is -0.172. The Morgan fingerprint density at radius 3 is 2.54 bits per heavy atom.